The van der Waals surface area contributed by atoms with Gasteiger partial charge in [0.25, 0.3) is 0 Å². The lowest BCUT2D eigenvalue weighted by molar-refractivity contribution is 0.628. The minimum Gasteiger partial charge on any atom is -0.366 e. The van der Waals surface area contributed by atoms with Crippen LogP contribution >= 0.6 is 11.6 Å². The Bertz CT molecular complexity index is 738. The van der Waals surface area contributed by atoms with Crippen LogP contribution in [0.1, 0.15) is 0 Å². The van der Waals surface area contributed by atoms with E-state index in [-0.39, 0.29) is 11.0 Å². The maximum atomic E-state index is 13.1. The molecule has 18 heavy (non-hydrogen) atoms. The second-order valence-corrected chi connectivity index (χ2v) is 4.19. The van der Waals surface area contributed by atoms with Crippen molar-refractivity contribution in [1.29, 1.82) is 0 Å². The van der Waals surface area contributed by atoms with E-state index in [0.29, 0.717) is 5.65 Å². The van der Waals surface area contributed by atoms with Crippen molar-refractivity contribution in [2.45, 2.75) is 0 Å². The largest absolute Gasteiger partial charge is 0.366 e. The van der Waals surface area contributed by atoms with E-state index in [4.69, 9.17) is 17.3 Å². The molecule has 0 spiro atoms. The van der Waals surface area contributed by atoms with E-state index in [1.165, 1.54) is 6.07 Å². The monoisotopic (exact) mass is 262 g/mol. The van der Waals surface area contributed by atoms with Gasteiger partial charge in [0.05, 0.1) is 10.7 Å². The van der Waals surface area contributed by atoms with Crippen molar-refractivity contribution in [2.24, 2.45) is 0 Å². The summed E-state index contributed by atoms with van der Waals surface area (Å²) < 4.78 is 14.7. The van der Waals surface area contributed by atoms with E-state index in [1.807, 2.05) is 12.1 Å². The van der Waals surface area contributed by atoms with Crippen molar-refractivity contribution in [3.05, 3.63) is 47.2 Å². The standard InChI is InChI=1S/C12H8ClFN4/c13-8-6-7(4-5-9(8)14)10-2-1-3-11-16-12(15)17-18(10)11/h1-6H,(H2,15,17). The van der Waals surface area contributed by atoms with Gasteiger partial charge in [0.1, 0.15) is 5.82 Å². The molecule has 2 N–H and O–H groups in total. The molecule has 4 nitrogen and oxygen atoms in total. The van der Waals surface area contributed by atoms with Crippen LogP contribution in [0.5, 0.6) is 0 Å². The number of nitrogens with zero attached hydrogens (tertiary/aromatic N) is 3. The fourth-order valence-electron chi connectivity index (χ4n) is 1.80. The van der Waals surface area contributed by atoms with E-state index < -0.39 is 5.82 Å². The average Bonchev–Trinajstić information content (AvgIpc) is 2.72. The molecule has 2 heterocycles. The molecule has 0 aliphatic carbocycles. The van der Waals surface area contributed by atoms with Crippen LogP contribution < -0.4 is 5.73 Å². The number of benzene rings is 1. The van der Waals surface area contributed by atoms with Crippen LogP contribution in [0.15, 0.2) is 36.4 Å². The smallest absolute Gasteiger partial charge is 0.240 e. The summed E-state index contributed by atoms with van der Waals surface area (Å²) in [5, 5.41) is 4.16. The summed E-state index contributed by atoms with van der Waals surface area (Å²) in [7, 11) is 0. The molecule has 0 saturated carbocycles. The van der Waals surface area contributed by atoms with Crippen molar-refractivity contribution < 1.29 is 4.39 Å². The van der Waals surface area contributed by atoms with Gasteiger partial charge >= 0.3 is 0 Å². The zero-order chi connectivity index (χ0) is 12.7. The summed E-state index contributed by atoms with van der Waals surface area (Å²) in [5.41, 5.74) is 7.69. The molecule has 0 atom stereocenters. The molecule has 0 bridgehead atoms. The van der Waals surface area contributed by atoms with Gasteiger partial charge in [0.15, 0.2) is 5.65 Å². The number of hydrogen-bond donors (Lipinski definition) is 1. The lowest BCUT2D eigenvalue weighted by Crippen LogP contribution is -1.95. The van der Waals surface area contributed by atoms with Crippen molar-refractivity contribution in [3.63, 3.8) is 0 Å². The fourth-order valence-corrected chi connectivity index (χ4v) is 1.98. The van der Waals surface area contributed by atoms with E-state index >= 15 is 0 Å². The van der Waals surface area contributed by atoms with Crippen molar-refractivity contribution >= 4 is 23.2 Å². The van der Waals surface area contributed by atoms with Crippen LogP contribution in [-0.4, -0.2) is 14.6 Å². The summed E-state index contributed by atoms with van der Waals surface area (Å²) in [6, 6.07) is 9.95. The van der Waals surface area contributed by atoms with Crippen LogP contribution in [0.4, 0.5) is 10.3 Å². The van der Waals surface area contributed by atoms with Gasteiger partial charge in [0.2, 0.25) is 5.95 Å². The molecule has 0 unspecified atom stereocenters. The van der Waals surface area contributed by atoms with Crippen LogP contribution in [0.25, 0.3) is 16.9 Å². The van der Waals surface area contributed by atoms with Gasteiger partial charge in [-0.05, 0) is 30.3 Å². The van der Waals surface area contributed by atoms with Crippen LogP contribution in [-0.2, 0) is 0 Å². The van der Waals surface area contributed by atoms with E-state index in [0.717, 1.165) is 11.3 Å². The Labute approximate surface area is 107 Å². The minimum absolute atomic E-state index is 0.0672. The number of nitrogens with two attached hydrogens (primary N) is 1. The second-order valence-electron chi connectivity index (χ2n) is 3.78. The van der Waals surface area contributed by atoms with Gasteiger partial charge in [0, 0.05) is 5.56 Å². The maximum absolute atomic E-state index is 13.1. The molecule has 0 radical (unpaired) electrons. The molecule has 2 aromatic heterocycles. The first kappa shape index (κ1) is 11.0. The maximum Gasteiger partial charge on any atom is 0.240 e. The Balaban J connectivity index is 2.27. The predicted molar refractivity (Wildman–Crippen MR) is 67.8 cm³/mol. The molecule has 0 fully saturated rings. The summed E-state index contributed by atoms with van der Waals surface area (Å²) in [4.78, 5) is 4.06. The summed E-state index contributed by atoms with van der Waals surface area (Å²) >= 11 is 5.78. The Kier molecular flexibility index (Phi) is 2.41. The van der Waals surface area contributed by atoms with Crippen LogP contribution in [0, 0.1) is 5.82 Å². The highest BCUT2D eigenvalue weighted by molar-refractivity contribution is 6.31. The number of anilines is 1. The van der Waals surface area contributed by atoms with Gasteiger partial charge in [-0.2, -0.15) is 4.98 Å². The van der Waals surface area contributed by atoms with Gasteiger partial charge < -0.3 is 5.73 Å². The Morgan fingerprint density at radius 1 is 1.22 bits per heavy atom. The topological polar surface area (TPSA) is 56.2 Å². The molecule has 0 aliphatic rings. The van der Waals surface area contributed by atoms with Crippen LogP contribution in [0.3, 0.4) is 0 Å². The summed E-state index contributed by atoms with van der Waals surface area (Å²) in [6.07, 6.45) is 0. The Hall–Kier alpha value is -2.14. The van der Waals surface area contributed by atoms with Crippen LogP contribution in [0.2, 0.25) is 5.02 Å². The first-order valence-electron chi connectivity index (χ1n) is 5.22. The average molecular weight is 263 g/mol. The van der Waals surface area contributed by atoms with Gasteiger partial charge in [-0.25, -0.2) is 8.91 Å². The number of fused-ring (bicyclic) bond motifs is 1. The first-order chi connectivity index (χ1) is 8.65. The Morgan fingerprint density at radius 2 is 2.06 bits per heavy atom. The summed E-state index contributed by atoms with van der Waals surface area (Å²) in [5.74, 6) is -0.263. The Morgan fingerprint density at radius 3 is 2.83 bits per heavy atom. The SMILES string of the molecule is Nc1nc2cccc(-c3ccc(F)c(Cl)c3)n2n1. The molecule has 6 heteroatoms. The fraction of sp³-hybridized carbons (Fsp3) is 0. The van der Waals surface area contributed by atoms with Crippen molar-refractivity contribution in [2.75, 3.05) is 5.73 Å². The molecule has 1 aromatic carbocycles. The number of rotatable bonds is 1. The third-order valence-corrected chi connectivity index (χ3v) is 2.88. The number of pyridine rings is 1. The normalized spacial score (nSPS) is 11.0. The van der Waals surface area contributed by atoms with E-state index in [1.54, 1.807) is 22.7 Å². The quantitative estimate of drug-likeness (QED) is 0.734. The summed E-state index contributed by atoms with van der Waals surface area (Å²) in [6.45, 7) is 0. The third kappa shape index (κ3) is 1.69. The molecule has 0 aliphatic heterocycles. The molecule has 90 valence electrons. The molecule has 0 amide bonds. The highest BCUT2D eigenvalue weighted by Gasteiger charge is 2.08. The van der Waals surface area contributed by atoms with E-state index in [9.17, 15) is 4.39 Å². The molecule has 3 aromatic rings. The zero-order valence-electron chi connectivity index (χ0n) is 9.14. The minimum atomic E-state index is -0.453. The van der Waals surface area contributed by atoms with Gasteiger partial charge in [-0.1, -0.05) is 17.7 Å². The predicted octanol–water partition coefficient (Wildman–Crippen LogP) is 2.77. The van der Waals surface area contributed by atoms with Gasteiger partial charge in [-0.15, -0.1) is 5.10 Å². The second kappa shape index (κ2) is 3.96. The third-order valence-electron chi connectivity index (χ3n) is 2.59. The number of aromatic nitrogens is 3. The number of hydrogen-bond acceptors (Lipinski definition) is 3. The van der Waals surface area contributed by atoms with Crippen molar-refractivity contribution in [1.82, 2.24) is 14.6 Å². The number of nitrogen functional groups attached to an aromatic ring is 1. The first-order valence-corrected chi connectivity index (χ1v) is 5.59. The highest BCUT2D eigenvalue weighted by Crippen LogP contribution is 2.25. The molecular formula is C12H8ClFN4. The van der Waals surface area contributed by atoms with E-state index in [2.05, 4.69) is 10.1 Å². The van der Waals surface area contributed by atoms with Gasteiger partial charge in [-0.3, -0.25) is 0 Å². The lowest BCUT2D eigenvalue weighted by Gasteiger charge is -2.04. The molecular weight excluding hydrogens is 255 g/mol. The zero-order valence-corrected chi connectivity index (χ0v) is 9.89. The molecule has 3 rings (SSSR count). The lowest BCUT2D eigenvalue weighted by atomic mass is 10.1. The van der Waals surface area contributed by atoms with Crippen molar-refractivity contribution in [3.8, 4) is 11.3 Å². The molecule has 0 saturated heterocycles. The number of halogens is 2. The highest BCUT2D eigenvalue weighted by atomic mass is 35.5.